The van der Waals surface area contributed by atoms with Crippen LogP contribution >= 0.6 is 27.5 Å². The quantitative estimate of drug-likeness (QED) is 0.902. The summed E-state index contributed by atoms with van der Waals surface area (Å²) >= 11 is 9.22. The molecule has 0 aliphatic rings. The number of benzene rings is 1. The van der Waals surface area contributed by atoms with E-state index in [1.54, 1.807) is 25.1 Å². The van der Waals surface area contributed by atoms with Crippen molar-refractivity contribution in [2.24, 2.45) is 5.73 Å². The first-order chi connectivity index (χ1) is 8.49. The first kappa shape index (κ1) is 13.5. The van der Waals surface area contributed by atoms with Crippen molar-refractivity contribution in [1.29, 1.82) is 0 Å². The molecule has 18 heavy (non-hydrogen) atoms. The van der Waals surface area contributed by atoms with Gasteiger partial charge in [-0.25, -0.2) is 0 Å². The van der Waals surface area contributed by atoms with Crippen molar-refractivity contribution in [2.75, 3.05) is 0 Å². The Bertz CT molecular complexity index is 559. The van der Waals surface area contributed by atoms with Crippen LogP contribution in [0, 0.1) is 0 Å². The number of nitrogens with two attached hydrogens (primary N) is 1. The van der Waals surface area contributed by atoms with Crippen molar-refractivity contribution in [3.8, 4) is 11.4 Å². The van der Waals surface area contributed by atoms with E-state index in [2.05, 4.69) is 26.1 Å². The highest BCUT2D eigenvalue weighted by Crippen LogP contribution is 2.28. The van der Waals surface area contributed by atoms with Gasteiger partial charge < -0.3 is 15.4 Å². The van der Waals surface area contributed by atoms with Gasteiger partial charge in [-0.1, -0.05) is 16.8 Å². The monoisotopic (exact) mass is 331 g/mol. The smallest absolute Gasteiger partial charge is 0.246 e. The third-order valence-electron chi connectivity index (χ3n) is 2.42. The Labute approximate surface area is 117 Å². The van der Waals surface area contributed by atoms with Gasteiger partial charge in [-0.05, 0) is 41.1 Å². The third kappa shape index (κ3) is 2.72. The highest BCUT2D eigenvalue weighted by atomic mass is 79.9. The second-order valence-electron chi connectivity index (χ2n) is 3.85. The van der Waals surface area contributed by atoms with E-state index in [0.717, 1.165) is 10.0 Å². The zero-order valence-electron chi connectivity index (χ0n) is 9.47. The molecule has 0 fully saturated rings. The third-order valence-corrected chi connectivity index (χ3v) is 3.64. The summed E-state index contributed by atoms with van der Waals surface area (Å²) in [5.74, 6) is 0.601. The van der Waals surface area contributed by atoms with Crippen LogP contribution in [-0.2, 0) is 0 Å². The van der Waals surface area contributed by atoms with Crippen LogP contribution in [0.5, 0.6) is 0 Å². The molecule has 2 atom stereocenters. The van der Waals surface area contributed by atoms with Crippen molar-refractivity contribution in [3.63, 3.8) is 0 Å². The molecule has 5 nitrogen and oxygen atoms in total. The maximum Gasteiger partial charge on any atom is 0.246 e. The van der Waals surface area contributed by atoms with Gasteiger partial charge in [-0.15, -0.1) is 0 Å². The molecule has 0 radical (unpaired) electrons. The molecule has 1 aromatic carbocycles. The number of nitrogens with zero attached hydrogens (tertiary/aromatic N) is 2. The lowest BCUT2D eigenvalue weighted by atomic mass is 10.2. The molecule has 1 heterocycles. The number of halogens is 2. The van der Waals surface area contributed by atoms with E-state index in [0.29, 0.717) is 10.8 Å². The maximum atomic E-state index is 9.36. The molecule has 0 amide bonds. The van der Waals surface area contributed by atoms with E-state index < -0.39 is 12.1 Å². The van der Waals surface area contributed by atoms with Crippen molar-refractivity contribution >= 4 is 27.5 Å². The van der Waals surface area contributed by atoms with E-state index in [1.165, 1.54) is 0 Å². The van der Waals surface area contributed by atoms with Crippen LogP contribution in [0.25, 0.3) is 11.4 Å². The molecule has 7 heteroatoms. The van der Waals surface area contributed by atoms with E-state index >= 15 is 0 Å². The van der Waals surface area contributed by atoms with E-state index in [1.807, 2.05) is 0 Å². The first-order valence-electron chi connectivity index (χ1n) is 5.21. The number of aliphatic hydroxyl groups excluding tert-OH is 1. The summed E-state index contributed by atoms with van der Waals surface area (Å²) < 4.78 is 5.76. The summed E-state index contributed by atoms with van der Waals surface area (Å²) in [7, 11) is 0. The molecule has 2 aromatic rings. The molecule has 0 bridgehead atoms. The van der Waals surface area contributed by atoms with Crippen LogP contribution in [-0.4, -0.2) is 21.4 Å². The fourth-order valence-corrected chi connectivity index (χ4v) is 1.83. The lowest BCUT2D eigenvalue weighted by molar-refractivity contribution is 0.146. The van der Waals surface area contributed by atoms with Gasteiger partial charge in [-0.2, -0.15) is 4.98 Å². The molecule has 0 saturated carbocycles. The van der Waals surface area contributed by atoms with Crippen molar-refractivity contribution in [1.82, 2.24) is 10.1 Å². The van der Waals surface area contributed by atoms with Gasteiger partial charge >= 0.3 is 0 Å². The van der Waals surface area contributed by atoms with Gasteiger partial charge in [0.2, 0.25) is 11.7 Å². The Morgan fingerprint density at radius 1 is 1.50 bits per heavy atom. The molecular formula is C11H11BrClN3O2. The average Bonchev–Trinajstić information content (AvgIpc) is 2.81. The molecule has 1 aromatic heterocycles. The normalized spacial score (nSPS) is 14.5. The van der Waals surface area contributed by atoms with Crippen LogP contribution in [0.3, 0.4) is 0 Å². The fraction of sp³-hybridized carbons (Fsp3) is 0.273. The maximum absolute atomic E-state index is 9.36. The van der Waals surface area contributed by atoms with Crippen LogP contribution in [0.1, 0.15) is 18.9 Å². The lowest BCUT2D eigenvalue weighted by Gasteiger charge is -2.08. The minimum atomic E-state index is -0.754. The Kier molecular flexibility index (Phi) is 4.01. The largest absolute Gasteiger partial charge is 0.391 e. The summed E-state index contributed by atoms with van der Waals surface area (Å²) in [6.45, 7) is 1.56. The summed E-state index contributed by atoms with van der Waals surface area (Å²) in [4.78, 5) is 4.15. The van der Waals surface area contributed by atoms with Crippen molar-refractivity contribution in [2.45, 2.75) is 19.1 Å². The van der Waals surface area contributed by atoms with Gasteiger partial charge in [0.25, 0.3) is 0 Å². The second kappa shape index (κ2) is 5.36. The molecule has 0 aliphatic heterocycles. The fourth-order valence-electron chi connectivity index (χ4n) is 1.33. The SMILES string of the molecule is C[C@@H](O)[C@H](N)c1nc(-c2ccc(Cl)c(Br)c2)no1. The highest BCUT2D eigenvalue weighted by molar-refractivity contribution is 9.10. The summed E-state index contributed by atoms with van der Waals surface area (Å²) in [6.07, 6.45) is -0.754. The minimum Gasteiger partial charge on any atom is -0.391 e. The van der Waals surface area contributed by atoms with Gasteiger partial charge in [0.15, 0.2) is 0 Å². The van der Waals surface area contributed by atoms with Crippen LogP contribution in [0.15, 0.2) is 27.2 Å². The molecule has 0 saturated heterocycles. The topological polar surface area (TPSA) is 85.2 Å². The summed E-state index contributed by atoms with van der Waals surface area (Å²) in [5, 5.41) is 13.8. The average molecular weight is 333 g/mol. The van der Waals surface area contributed by atoms with Crippen LogP contribution in [0.2, 0.25) is 5.02 Å². The minimum absolute atomic E-state index is 0.200. The van der Waals surface area contributed by atoms with E-state index in [9.17, 15) is 5.11 Å². The Balaban J connectivity index is 2.32. The Morgan fingerprint density at radius 3 is 2.83 bits per heavy atom. The molecule has 2 rings (SSSR count). The molecule has 3 N–H and O–H groups in total. The standard InChI is InChI=1S/C11H11BrClN3O2/c1-5(17)9(14)11-15-10(16-18-11)6-2-3-8(13)7(12)4-6/h2-5,9,17H,14H2,1H3/t5-,9+/m1/s1. The first-order valence-corrected chi connectivity index (χ1v) is 6.39. The van der Waals surface area contributed by atoms with Gasteiger partial charge in [0.05, 0.1) is 11.1 Å². The molecule has 0 spiro atoms. The number of rotatable bonds is 3. The lowest BCUT2D eigenvalue weighted by Crippen LogP contribution is -2.23. The predicted molar refractivity (Wildman–Crippen MR) is 71.1 cm³/mol. The second-order valence-corrected chi connectivity index (χ2v) is 5.11. The zero-order valence-corrected chi connectivity index (χ0v) is 11.8. The van der Waals surface area contributed by atoms with Crippen LogP contribution in [0.4, 0.5) is 0 Å². The van der Waals surface area contributed by atoms with E-state index in [-0.39, 0.29) is 5.89 Å². The molecular weight excluding hydrogens is 321 g/mol. The number of hydrogen-bond acceptors (Lipinski definition) is 5. The molecule has 96 valence electrons. The predicted octanol–water partition coefficient (Wildman–Crippen LogP) is 2.53. The van der Waals surface area contributed by atoms with Gasteiger partial charge in [0.1, 0.15) is 6.04 Å². The van der Waals surface area contributed by atoms with Crippen LogP contribution < -0.4 is 5.73 Å². The highest BCUT2D eigenvalue weighted by Gasteiger charge is 2.20. The van der Waals surface area contributed by atoms with Crippen molar-refractivity contribution in [3.05, 3.63) is 33.6 Å². The van der Waals surface area contributed by atoms with E-state index in [4.69, 9.17) is 21.9 Å². The van der Waals surface area contributed by atoms with Gasteiger partial charge in [0, 0.05) is 10.0 Å². The zero-order chi connectivity index (χ0) is 13.3. The number of aliphatic hydroxyl groups is 1. The van der Waals surface area contributed by atoms with Gasteiger partial charge in [-0.3, -0.25) is 0 Å². The number of hydrogen-bond donors (Lipinski definition) is 2. The summed E-state index contributed by atoms with van der Waals surface area (Å²) in [6, 6.07) is 4.59. The molecule has 0 unspecified atom stereocenters. The summed E-state index contributed by atoms with van der Waals surface area (Å²) in [5.41, 5.74) is 6.46. The number of aromatic nitrogens is 2. The van der Waals surface area contributed by atoms with Crippen molar-refractivity contribution < 1.29 is 9.63 Å². The Hall–Kier alpha value is -0.950. The molecule has 0 aliphatic carbocycles. The Morgan fingerprint density at radius 2 is 2.22 bits per heavy atom.